The number of nitrogens with two attached hydrogens (primary N) is 1. The number of aromatic nitrogens is 1. The second-order valence-corrected chi connectivity index (χ2v) is 7.18. The minimum Gasteiger partial charge on any atom is -0.465 e. The molecule has 1 aromatic heterocycles. The molecule has 1 amide bonds. The Hall–Kier alpha value is -3.38. The Kier molecular flexibility index (Phi) is 4.49. The second kappa shape index (κ2) is 6.98. The van der Waals surface area contributed by atoms with Crippen molar-refractivity contribution in [2.45, 2.75) is 24.5 Å². The Morgan fingerprint density at radius 1 is 1.07 bits per heavy atom. The number of carboxylic acid groups (broad SMARTS) is 1. The van der Waals surface area contributed by atoms with Crippen LogP contribution >= 0.6 is 0 Å². The van der Waals surface area contributed by atoms with Gasteiger partial charge >= 0.3 is 6.09 Å². The number of aliphatic hydroxyl groups is 1. The van der Waals surface area contributed by atoms with Gasteiger partial charge in [0.05, 0.1) is 29.2 Å². The van der Waals surface area contributed by atoms with E-state index in [0.29, 0.717) is 18.5 Å². The van der Waals surface area contributed by atoms with Gasteiger partial charge in [0, 0.05) is 24.0 Å². The Balaban J connectivity index is 1.71. The topological polar surface area (TPSA) is 108 Å². The van der Waals surface area contributed by atoms with Crippen molar-refractivity contribution in [3.63, 3.8) is 0 Å². The van der Waals surface area contributed by atoms with E-state index < -0.39 is 17.7 Å². The van der Waals surface area contributed by atoms with E-state index in [1.165, 1.54) is 0 Å². The maximum Gasteiger partial charge on any atom is 0.405 e. The monoisotopic (exact) mass is 375 g/mol. The highest BCUT2D eigenvalue weighted by atomic mass is 16.4. The predicted molar refractivity (Wildman–Crippen MR) is 108 cm³/mol. The lowest BCUT2D eigenvalue weighted by Gasteiger charge is -2.45. The summed E-state index contributed by atoms with van der Waals surface area (Å²) in [5.74, 6) is 0. The molecule has 1 fully saturated rings. The van der Waals surface area contributed by atoms with Crippen molar-refractivity contribution in [1.29, 1.82) is 0 Å². The van der Waals surface area contributed by atoms with Crippen LogP contribution in [0.15, 0.2) is 66.9 Å². The highest BCUT2D eigenvalue weighted by Gasteiger charge is 2.46. The summed E-state index contributed by atoms with van der Waals surface area (Å²) in [5, 5.41) is 21.5. The number of benzene rings is 2. The lowest BCUT2D eigenvalue weighted by atomic mass is 9.69. The van der Waals surface area contributed by atoms with Crippen LogP contribution in [-0.2, 0) is 5.54 Å². The SMILES string of the molecule is Nc1cnc(-c2ccc([C@]3(NC(=O)O)C[C@H](O)C3)cc2)c(-c2ccccc2)c1. The standard InChI is InChI=1S/C22H21N3O3/c23-17-10-19(14-4-2-1-3-5-14)20(24-13-17)15-6-8-16(9-7-15)22(25-21(27)28)11-18(26)12-22/h1-10,13,18,25-26H,11-12,23H2,(H,27,28)/t18-,22-. The van der Waals surface area contributed by atoms with Crippen LogP contribution in [0.3, 0.4) is 0 Å². The molecule has 3 aromatic rings. The van der Waals surface area contributed by atoms with Crippen molar-refractivity contribution in [3.05, 3.63) is 72.4 Å². The normalized spacial score (nSPS) is 21.0. The van der Waals surface area contributed by atoms with E-state index in [0.717, 1.165) is 27.9 Å². The molecule has 6 nitrogen and oxygen atoms in total. The Morgan fingerprint density at radius 2 is 1.75 bits per heavy atom. The summed E-state index contributed by atoms with van der Waals surface area (Å²) < 4.78 is 0. The molecule has 1 heterocycles. The molecule has 2 aromatic carbocycles. The molecule has 1 aliphatic carbocycles. The summed E-state index contributed by atoms with van der Waals surface area (Å²) in [6.07, 6.45) is 0.783. The third-order valence-electron chi connectivity index (χ3n) is 5.22. The first-order valence-corrected chi connectivity index (χ1v) is 9.08. The highest BCUT2D eigenvalue weighted by Crippen LogP contribution is 2.42. The van der Waals surface area contributed by atoms with Crippen LogP contribution in [0.4, 0.5) is 10.5 Å². The number of carbonyl (C=O) groups is 1. The van der Waals surface area contributed by atoms with Gasteiger partial charge in [-0.1, -0.05) is 54.6 Å². The molecule has 1 aliphatic rings. The summed E-state index contributed by atoms with van der Waals surface area (Å²) in [7, 11) is 0. The zero-order valence-corrected chi connectivity index (χ0v) is 15.2. The van der Waals surface area contributed by atoms with Crippen LogP contribution in [0.1, 0.15) is 18.4 Å². The van der Waals surface area contributed by atoms with Crippen LogP contribution in [0.2, 0.25) is 0 Å². The summed E-state index contributed by atoms with van der Waals surface area (Å²) in [4.78, 5) is 15.7. The minimum absolute atomic E-state index is 0.369. The summed E-state index contributed by atoms with van der Waals surface area (Å²) in [5.41, 5.74) is 10.3. The van der Waals surface area contributed by atoms with E-state index in [1.807, 2.05) is 60.7 Å². The lowest BCUT2D eigenvalue weighted by molar-refractivity contribution is 0.00172. The molecule has 0 radical (unpaired) electrons. The van der Waals surface area contributed by atoms with Crippen molar-refractivity contribution < 1.29 is 15.0 Å². The molecular formula is C22H21N3O3. The fraction of sp³-hybridized carbons (Fsp3) is 0.182. The van der Waals surface area contributed by atoms with Crippen molar-refractivity contribution >= 4 is 11.8 Å². The van der Waals surface area contributed by atoms with Crippen molar-refractivity contribution in [2.75, 3.05) is 5.73 Å². The van der Waals surface area contributed by atoms with Gasteiger partial charge in [-0.3, -0.25) is 4.98 Å². The van der Waals surface area contributed by atoms with Gasteiger partial charge in [0.1, 0.15) is 0 Å². The number of amides is 1. The first kappa shape index (κ1) is 18.0. The second-order valence-electron chi connectivity index (χ2n) is 7.18. The van der Waals surface area contributed by atoms with Crippen LogP contribution in [0, 0.1) is 0 Å². The Labute approximate surface area is 162 Å². The quantitative estimate of drug-likeness (QED) is 0.557. The Morgan fingerprint density at radius 3 is 2.36 bits per heavy atom. The Bertz CT molecular complexity index is 997. The predicted octanol–water partition coefficient (Wildman–Crippen LogP) is 3.62. The number of hydrogen-bond acceptors (Lipinski definition) is 4. The molecule has 0 spiro atoms. The highest BCUT2D eigenvalue weighted by molar-refractivity contribution is 5.82. The van der Waals surface area contributed by atoms with E-state index in [4.69, 9.17) is 10.8 Å². The lowest BCUT2D eigenvalue weighted by Crippen LogP contribution is -2.56. The number of pyridine rings is 1. The average molecular weight is 375 g/mol. The zero-order chi connectivity index (χ0) is 19.7. The van der Waals surface area contributed by atoms with Gasteiger partial charge in [0.2, 0.25) is 0 Å². The van der Waals surface area contributed by atoms with Crippen LogP contribution < -0.4 is 11.1 Å². The molecule has 0 atom stereocenters. The van der Waals surface area contributed by atoms with Crippen molar-refractivity contribution in [3.8, 4) is 22.4 Å². The third-order valence-corrected chi connectivity index (χ3v) is 5.22. The summed E-state index contributed by atoms with van der Waals surface area (Å²) in [6.45, 7) is 0. The zero-order valence-electron chi connectivity index (χ0n) is 15.2. The number of hydrogen-bond donors (Lipinski definition) is 4. The molecular weight excluding hydrogens is 354 g/mol. The molecule has 0 unspecified atom stereocenters. The maximum absolute atomic E-state index is 11.2. The molecule has 142 valence electrons. The smallest absolute Gasteiger partial charge is 0.405 e. The van der Waals surface area contributed by atoms with Gasteiger partial charge in [-0.15, -0.1) is 0 Å². The molecule has 0 aliphatic heterocycles. The third kappa shape index (κ3) is 3.30. The van der Waals surface area contributed by atoms with Gasteiger partial charge in [-0.05, 0) is 17.2 Å². The van der Waals surface area contributed by atoms with Gasteiger partial charge in [-0.25, -0.2) is 4.79 Å². The fourth-order valence-electron chi connectivity index (χ4n) is 3.86. The molecule has 0 saturated heterocycles. The molecule has 4 rings (SSSR count). The van der Waals surface area contributed by atoms with Crippen LogP contribution in [0.25, 0.3) is 22.4 Å². The molecule has 28 heavy (non-hydrogen) atoms. The first-order chi connectivity index (χ1) is 13.5. The van der Waals surface area contributed by atoms with Gasteiger partial charge in [0.15, 0.2) is 0 Å². The number of nitrogen functional groups attached to an aromatic ring is 1. The number of nitrogens with zero attached hydrogens (tertiary/aromatic N) is 1. The molecule has 5 N–H and O–H groups in total. The summed E-state index contributed by atoms with van der Waals surface area (Å²) in [6, 6.07) is 19.5. The van der Waals surface area contributed by atoms with Gasteiger partial charge in [0.25, 0.3) is 0 Å². The molecule has 6 heteroatoms. The van der Waals surface area contributed by atoms with Crippen LogP contribution in [-0.4, -0.2) is 27.4 Å². The van der Waals surface area contributed by atoms with Gasteiger partial charge in [-0.2, -0.15) is 0 Å². The number of anilines is 1. The van der Waals surface area contributed by atoms with Crippen molar-refractivity contribution in [1.82, 2.24) is 10.3 Å². The number of aliphatic hydroxyl groups excluding tert-OH is 1. The largest absolute Gasteiger partial charge is 0.465 e. The van der Waals surface area contributed by atoms with E-state index >= 15 is 0 Å². The number of rotatable bonds is 4. The number of nitrogens with one attached hydrogen (secondary N) is 1. The summed E-state index contributed by atoms with van der Waals surface area (Å²) >= 11 is 0. The van der Waals surface area contributed by atoms with Gasteiger partial charge < -0.3 is 21.3 Å². The van der Waals surface area contributed by atoms with Crippen molar-refractivity contribution in [2.24, 2.45) is 0 Å². The van der Waals surface area contributed by atoms with E-state index in [2.05, 4.69) is 10.3 Å². The van der Waals surface area contributed by atoms with Crippen LogP contribution in [0.5, 0.6) is 0 Å². The van der Waals surface area contributed by atoms with E-state index in [-0.39, 0.29) is 0 Å². The first-order valence-electron chi connectivity index (χ1n) is 9.08. The minimum atomic E-state index is -1.09. The van der Waals surface area contributed by atoms with E-state index in [9.17, 15) is 9.90 Å². The molecule has 0 bridgehead atoms. The maximum atomic E-state index is 11.2. The average Bonchev–Trinajstić information content (AvgIpc) is 2.67. The molecule has 1 saturated carbocycles. The fourth-order valence-corrected chi connectivity index (χ4v) is 3.86. The van der Waals surface area contributed by atoms with E-state index in [1.54, 1.807) is 6.20 Å².